The number of hydrogen-bond donors (Lipinski definition) is 3. The summed E-state index contributed by atoms with van der Waals surface area (Å²) in [6, 6.07) is 10.1. The molecule has 2 atom stereocenters. The molecule has 34 heavy (non-hydrogen) atoms. The van der Waals surface area contributed by atoms with E-state index in [1.54, 1.807) is 19.1 Å². The van der Waals surface area contributed by atoms with Crippen molar-refractivity contribution in [2.24, 2.45) is 0 Å². The molecule has 0 radical (unpaired) electrons. The first-order valence-corrected chi connectivity index (χ1v) is 10.3. The highest BCUT2D eigenvalue weighted by Gasteiger charge is 2.44. The third-order valence-corrected chi connectivity index (χ3v) is 5.86. The van der Waals surface area contributed by atoms with Gasteiger partial charge in [0.25, 0.3) is 0 Å². The average Bonchev–Trinajstić information content (AvgIpc) is 2.78. The Kier molecular flexibility index (Phi) is 6.05. The SMILES string of the molecule is Cc1cc(C(O)NC2(c3ccc(C(F)(F)F)c(F)c3)CCOc3cccnc32)ccc1C(=O)O. The molecule has 6 nitrogen and oxygen atoms in total. The molecule has 2 aromatic carbocycles. The number of pyridine rings is 1. The molecule has 1 aliphatic rings. The highest BCUT2D eigenvalue weighted by Crippen LogP contribution is 2.43. The van der Waals surface area contributed by atoms with Crippen LogP contribution in [0.4, 0.5) is 17.6 Å². The maximum absolute atomic E-state index is 14.6. The van der Waals surface area contributed by atoms with E-state index in [-0.39, 0.29) is 29.8 Å². The second kappa shape index (κ2) is 8.69. The number of hydrogen-bond acceptors (Lipinski definition) is 5. The van der Waals surface area contributed by atoms with Gasteiger partial charge in [0.15, 0.2) is 0 Å². The first-order chi connectivity index (χ1) is 16.0. The Hall–Kier alpha value is -3.50. The molecule has 4 rings (SSSR count). The maximum atomic E-state index is 14.6. The van der Waals surface area contributed by atoms with E-state index in [1.807, 2.05) is 0 Å². The van der Waals surface area contributed by atoms with E-state index in [4.69, 9.17) is 4.74 Å². The topological polar surface area (TPSA) is 91.7 Å². The first kappa shape index (κ1) is 23.7. The number of rotatable bonds is 5. The number of carbonyl (C=O) groups is 1. The predicted octanol–water partition coefficient (Wildman–Crippen LogP) is 4.55. The Labute approximate surface area is 191 Å². The molecular weight excluding hydrogens is 456 g/mol. The number of carboxylic acid groups (broad SMARTS) is 1. The Bertz CT molecular complexity index is 1250. The quantitative estimate of drug-likeness (QED) is 0.370. The molecule has 2 heterocycles. The summed E-state index contributed by atoms with van der Waals surface area (Å²) in [7, 11) is 0. The number of nitrogens with zero attached hydrogens (tertiary/aromatic N) is 1. The zero-order valence-electron chi connectivity index (χ0n) is 17.9. The molecule has 0 fully saturated rings. The van der Waals surface area contributed by atoms with Crippen LogP contribution in [0.25, 0.3) is 0 Å². The summed E-state index contributed by atoms with van der Waals surface area (Å²) in [5.41, 5.74) is -1.60. The van der Waals surface area contributed by atoms with Crippen molar-refractivity contribution in [3.63, 3.8) is 0 Å². The van der Waals surface area contributed by atoms with Crippen molar-refractivity contribution >= 4 is 5.97 Å². The van der Waals surface area contributed by atoms with E-state index in [0.29, 0.717) is 22.9 Å². The maximum Gasteiger partial charge on any atom is 0.419 e. The zero-order valence-corrected chi connectivity index (χ0v) is 17.9. The highest BCUT2D eigenvalue weighted by atomic mass is 19.4. The third kappa shape index (κ3) is 4.22. The van der Waals surface area contributed by atoms with E-state index >= 15 is 0 Å². The summed E-state index contributed by atoms with van der Waals surface area (Å²) in [6.45, 7) is 1.70. The summed E-state index contributed by atoms with van der Waals surface area (Å²) in [5, 5.41) is 23.3. The summed E-state index contributed by atoms with van der Waals surface area (Å²) in [6.07, 6.45) is -4.66. The van der Waals surface area contributed by atoms with Gasteiger partial charge in [0.1, 0.15) is 23.5 Å². The number of fused-ring (bicyclic) bond motifs is 1. The van der Waals surface area contributed by atoms with Crippen LogP contribution >= 0.6 is 0 Å². The number of aromatic carboxylic acids is 1. The van der Waals surface area contributed by atoms with Crippen molar-refractivity contribution in [1.82, 2.24) is 10.3 Å². The molecular formula is C24H20F4N2O4. The van der Waals surface area contributed by atoms with Crippen LogP contribution in [0.5, 0.6) is 5.75 Å². The van der Waals surface area contributed by atoms with Crippen molar-refractivity contribution < 1.29 is 37.3 Å². The lowest BCUT2D eigenvalue weighted by Crippen LogP contribution is -2.49. The van der Waals surface area contributed by atoms with Gasteiger partial charge in [-0.05, 0) is 53.9 Å². The van der Waals surface area contributed by atoms with Gasteiger partial charge in [0.05, 0.1) is 23.3 Å². The normalized spacial score (nSPS) is 18.6. The zero-order chi connectivity index (χ0) is 24.7. The summed E-state index contributed by atoms with van der Waals surface area (Å²) >= 11 is 0. The van der Waals surface area contributed by atoms with Crippen LogP contribution in [-0.2, 0) is 11.7 Å². The molecule has 0 bridgehead atoms. The van der Waals surface area contributed by atoms with Crippen molar-refractivity contribution in [2.75, 3.05) is 6.61 Å². The van der Waals surface area contributed by atoms with Gasteiger partial charge in [0, 0.05) is 12.6 Å². The number of nitrogens with one attached hydrogen (secondary N) is 1. The Balaban J connectivity index is 1.82. The fraction of sp³-hybridized carbons (Fsp3) is 0.250. The van der Waals surface area contributed by atoms with E-state index in [9.17, 15) is 32.6 Å². The molecule has 10 heteroatoms. The molecule has 0 spiro atoms. The van der Waals surface area contributed by atoms with Gasteiger partial charge in [-0.25, -0.2) is 9.18 Å². The highest BCUT2D eigenvalue weighted by molar-refractivity contribution is 5.89. The van der Waals surface area contributed by atoms with Crippen LogP contribution in [-0.4, -0.2) is 27.8 Å². The van der Waals surface area contributed by atoms with Gasteiger partial charge in [-0.2, -0.15) is 13.2 Å². The number of halogens is 4. The molecule has 2 unspecified atom stereocenters. The van der Waals surface area contributed by atoms with E-state index in [2.05, 4.69) is 10.3 Å². The summed E-state index contributed by atoms with van der Waals surface area (Å²) in [5.74, 6) is -2.23. The minimum Gasteiger partial charge on any atom is -0.491 e. The molecule has 1 aliphatic heterocycles. The van der Waals surface area contributed by atoms with Crippen molar-refractivity contribution in [3.05, 3.63) is 94.1 Å². The number of aromatic nitrogens is 1. The van der Waals surface area contributed by atoms with Crippen molar-refractivity contribution in [1.29, 1.82) is 0 Å². The van der Waals surface area contributed by atoms with Crippen LogP contribution in [0, 0.1) is 12.7 Å². The minimum absolute atomic E-state index is 0.0635. The molecule has 3 aromatic rings. The van der Waals surface area contributed by atoms with Crippen LogP contribution < -0.4 is 10.1 Å². The van der Waals surface area contributed by atoms with Crippen LogP contribution in [0.3, 0.4) is 0 Å². The number of aryl methyl sites for hydroxylation is 1. The van der Waals surface area contributed by atoms with Gasteiger partial charge >= 0.3 is 12.1 Å². The second-order valence-corrected chi connectivity index (χ2v) is 7.97. The van der Waals surface area contributed by atoms with Gasteiger partial charge in [-0.15, -0.1) is 0 Å². The van der Waals surface area contributed by atoms with Gasteiger partial charge < -0.3 is 14.9 Å². The van der Waals surface area contributed by atoms with Crippen LogP contribution in [0.2, 0.25) is 0 Å². The number of ether oxygens (including phenoxy) is 1. The van der Waals surface area contributed by atoms with E-state index < -0.39 is 35.3 Å². The molecule has 1 aromatic heterocycles. The van der Waals surface area contributed by atoms with Crippen molar-refractivity contribution in [3.8, 4) is 5.75 Å². The molecule has 0 aliphatic carbocycles. The largest absolute Gasteiger partial charge is 0.491 e. The van der Waals surface area contributed by atoms with E-state index in [0.717, 1.165) is 12.1 Å². The lowest BCUT2D eigenvalue weighted by Gasteiger charge is -2.40. The Morgan fingerprint density at radius 3 is 2.62 bits per heavy atom. The number of carboxylic acids is 1. The standard InChI is InChI=1S/C24H20F4N2O4/c1-13-11-14(4-6-16(13)22(32)33)21(31)30-23(8-10-34-19-3-2-9-29-20(19)23)15-5-7-17(18(25)12-15)24(26,27)28/h2-7,9,11-12,21,30-31H,8,10H2,1H3,(H,32,33). The molecule has 0 saturated carbocycles. The lowest BCUT2D eigenvalue weighted by molar-refractivity contribution is -0.140. The smallest absolute Gasteiger partial charge is 0.419 e. The molecule has 0 amide bonds. The fourth-order valence-corrected chi connectivity index (χ4v) is 4.19. The van der Waals surface area contributed by atoms with Gasteiger partial charge in [-0.1, -0.05) is 18.2 Å². The van der Waals surface area contributed by atoms with Gasteiger partial charge in [-0.3, -0.25) is 10.3 Å². The Morgan fingerprint density at radius 2 is 1.97 bits per heavy atom. The number of aliphatic hydroxyl groups is 1. The van der Waals surface area contributed by atoms with Crippen molar-refractivity contribution in [2.45, 2.75) is 31.3 Å². The summed E-state index contributed by atoms with van der Waals surface area (Å²) < 4.78 is 59.6. The molecule has 178 valence electrons. The number of aliphatic hydroxyl groups excluding tert-OH is 1. The van der Waals surface area contributed by atoms with E-state index in [1.165, 1.54) is 24.4 Å². The fourth-order valence-electron chi connectivity index (χ4n) is 4.19. The number of benzene rings is 2. The monoisotopic (exact) mass is 476 g/mol. The lowest BCUT2D eigenvalue weighted by atomic mass is 9.80. The summed E-state index contributed by atoms with van der Waals surface area (Å²) in [4.78, 5) is 15.6. The predicted molar refractivity (Wildman–Crippen MR) is 113 cm³/mol. The average molecular weight is 476 g/mol. The second-order valence-electron chi connectivity index (χ2n) is 7.97. The van der Waals surface area contributed by atoms with Crippen LogP contribution in [0.15, 0.2) is 54.7 Å². The third-order valence-electron chi connectivity index (χ3n) is 5.86. The molecule has 3 N–H and O–H groups in total. The van der Waals surface area contributed by atoms with Gasteiger partial charge in [0.2, 0.25) is 0 Å². The minimum atomic E-state index is -4.86. The molecule has 0 saturated heterocycles. The van der Waals surface area contributed by atoms with Crippen LogP contribution in [0.1, 0.15) is 51.0 Å². The number of alkyl halides is 3. The Morgan fingerprint density at radius 1 is 1.21 bits per heavy atom. The first-order valence-electron chi connectivity index (χ1n) is 10.3.